The maximum absolute atomic E-state index is 5.74. The number of aromatic nitrogens is 3. The van der Waals surface area contributed by atoms with Crippen molar-refractivity contribution in [2.45, 2.75) is 31.2 Å². The first-order chi connectivity index (χ1) is 11.3. The average molecular weight is 305 g/mol. The van der Waals surface area contributed by atoms with E-state index in [-0.39, 0.29) is 0 Å². The number of pyridine rings is 1. The van der Waals surface area contributed by atoms with Crippen LogP contribution in [0.2, 0.25) is 0 Å². The molecule has 0 aliphatic heterocycles. The van der Waals surface area contributed by atoms with E-state index in [1.807, 2.05) is 6.07 Å². The Bertz CT molecular complexity index is 818. The lowest BCUT2D eigenvalue weighted by molar-refractivity contribution is 0.648. The highest BCUT2D eigenvalue weighted by molar-refractivity contribution is 5.87. The molecule has 5 heteroatoms. The van der Waals surface area contributed by atoms with Crippen LogP contribution in [0.5, 0.6) is 0 Å². The number of rotatable bonds is 3. The fourth-order valence-corrected chi connectivity index (χ4v) is 3.48. The zero-order valence-corrected chi connectivity index (χ0v) is 12.8. The number of nitrogens with two attached hydrogens (primary N) is 1. The van der Waals surface area contributed by atoms with Crippen LogP contribution in [-0.4, -0.2) is 21.0 Å². The summed E-state index contributed by atoms with van der Waals surface area (Å²) in [5.41, 5.74) is 7.77. The third-order valence-corrected chi connectivity index (χ3v) is 4.58. The molecule has 0 unspecified atom stereocenters. The summed E-state index contributed by atoms with van der Waals surface area (Å²) in [7, 11) is 0. The lowest BCUT2D eigenvalue weighted by Crippen LogP contribution is -2.23. The van der Waals surface area contributed by atoms with Crippen molar-refractivity contribution in [2.24, 2.45) is 0 Å². The van der Waals surface area contributed by atoms with Crippen molar-refractivity contribution in [3.63, 3.8) is 0 Å². The molecule has 4 rings (SSSR count). The normalized spacial score (nSPS) is 20.7. The molecule has 1 fully saturated rings. The van der Waals surface area contributed by atoms with Crippen molar-refractivity contribution in [2.75, 3.05) is 11.1 Å². The Morgan fingerprint density at radius 2 is 1.87 bits per heavy atom. The molecule has 1 aliphatic rings. The number of nitrogen functional groups attached to an aromatic ring is 1. The predicted molar refractivity (Wildman–Crippen MR) is 92.2 cm³/mol. The topological polar surface area (TPSA) is 76.7 Å². The summed E-state index contributed by atoms with van der Waals surface area (Å²) < 4.78 is 0. The molecule has 1 saturated carbocycles. The van der Waals surface area contributed by atoms with Gasteiger partial charge in [0.25, 0.3) is 0 Å². The quantitative estimate of drug-likeness (QED) is 0.776. The van der Waals surface area contributed by atoms with Crippen molar-refractivity contribution < 1.29 is 0 Å². The molecular formula is C18H19N5. The number of hydrogen-bond donors (Lipinski definition) is 2. The largest absolute Gasteiger partial charge is 0.384 e. The lowest BCUT2D eigenvalue weighted by atomic mass is 9.94. The van der Waals surface area contributed by atoms with Crippen molar-refractivity contribution in [1.29, 1.82) is 0 Å². The Morgan fingerprint density at radius 1 is 1.00 bits per heavy atom. The second-order valence-electron chi connectivity index (χ2n) is 6.03. The Hall–Kier alpha value is -2.69. The first kappa shape index (κ1) is 13.9. The molecule has 0 amide bonds. The second kappa shape index (κ2) is 5.83. The van der Waals surface area contributed by atoms with Gasteiger partial charge in [-0.05, 0) is 30.5 Å². The number of nitrogens with zero attached hydrogens (tertiary/aromatic N) is 3. The minimum absolute atomic E-state index is 0.382. The molecule has 2 aromatic heterocycles. The fourth-order valence-electron chi connectivity index (χ4n) is 3.48. The zero-order valence-electron chi connectivity index (χ0n) is 12.8. The maximum atomic E-state index is 5.74. The monoisotopic (exact) mass is 305 g/mol. The summed E-state index contributed by atoms with van der Waals surface area (Å²) in [5.74, 6) is 1.84. The zero-order chi connectivity index (χ0) is 15.6. The molecule has 0 radical (unpaired) electrons. The molecule has 23 heavy (non-hydrogen) atoms. The predicted octanol–water partition coefficient (Wildman–Crippen LogP) is 3.36. The highest BCUT2D eigenvalue weighted by Gasteiger charge is 2.29. The Kier molecular flexibility index (Phi) is 3.54. The van der Waals surface area contributed by atoms with Crippen LogP contribution in [0.3, 0.4) is 0 Å². The van der Waals surface area contributed by atoms with Crippen LogP contribution >= 0.6 is 0 Å². The fraction of sp³-hybridized carbons (Fsp3) is 0.278. The molecule has 1 aromatic carbocycles. The molecule has 1 aliphatic carbocycles. The number of nitrogens with one attached hydrogen (secondary N) is 1. The van der Waals surface area contributed by atoms with Crippen molar-refractivity contribution in [1.82, 2.24) is 15.0 Å². The average Bonchev–Trinajstić information content (AvgIpc) is 3.04. The van der Waals surface area contributed by atoms with E-state index >= 15 is 0 Å². The van der Waals surface area contributed by atoms with Crippen LogP contribution in [-0.2, 0) is 0 Å². The van der Waals surface area contributed by atoms with Gasteiger partial charge in [-0.2, -0.15) is 0 Å². The van der Waals surface area contributed by atoms with Crippen LogP contribution < -0.4 is 11.1 Å². The molecule has 0 spiro atoms. The second-order valence-corrected chi connectivity index (χ2v) is 6.03. The molecule has 116 valence electrons. The van der Waals surface area contributed by atoms with Gasteiger partial charge in [-0.15, -0.1) is 0 Å². The van der Waals surface area contributed by atoms with E-state index in [0.29, 0.717) is 23.4 Å². The van der Waals surface area contributed by atoms with Gasteiger partial charge >= 0.3 is 0 Å². The summed E-state index contributed by atoms with van der Waals surface area (Å²) in [5, 5.41) is 4.54. The van der Waals surface area contributed by atoms with Gasteiger partial charge in [0.1, 0.15) is 18.0 Å². The van der Waals surface area contributed by atoms with Gasteiger partial charge in [-0.3, -0.25) is 0 Å². The maximum Gasteiger partial charge on any atom is 0.166 e. The van der Waals surface area contributed by atoms with Crippen LogP contribution in [0.4, 0.5) is 11.6 Å². The Morgan fingerprint density at radius 3 is 2.74 bits per heavy atom. The van der Waals surface area contributed by atoms with E-state index < -0.39 is 0 Å². The molecule has 0 bridgehead atoms. The highest BCUT2D eigenvalue weighted by atomic mass is 15.1. The van der Waals surface area contributed by atoms with Crippen molar-refractivity contribution in [3.05, 3.63) is 54.4 Å². The molecule has 3 aromatic rings. The molecule has 3 N–H and O–H groups in total. The van der Waals surface area contributed by atoms with Gasteiger partial charge in [-0.1, -0.05) is 36.8 Å². The first-order valence-corrected chi connectivity index (χ1v) is 8.00. The van der Waals surface area contributed by atoms with Gasteiger partial charge in [-0.25, -0.2) is 15.0 Å². The number of fused-ring (bicyclic) bond motifs is 1. The summed E-state index contributed by atoms with van der Waals surface area (Å²) in [4.78, 5) is 12.9. The smallest absolute Gasteiger partial charge is 0.166 e. The Balaban J connectivity index is 1.65. The summed E-state index contributed by atoms with van der Waals surface area (Å²) in [6, 6.07) is 14.8. The van der Waals surface area contributed by atoms with Crippen molar-refractivity contribution in [3.8, 4) is 0 Å². The third kappa shape index (κ3) is 2.70. The van der Waals surface area contributed by atoms with E-state index in [9.17, 15) is 0 Å². The standard InChI is InChI=1S/C18H19N5/c19-16-10-9-14-17(20-11-21-18(14)23-16)22-15-8-4-7-13(15)12-5-2-1-3-6-12/h1-3,5-6,9-11,13,15H,4,7-8H2,(H3,19,20,21,22,23)/t13-,15+/m0/s1. The van der Waals surface area contributed by atoms with Gasteiger partial charge in [0.2, 0.25) is 0 Å². The van der Waals surface area contributed by atoms with Crippen molar-refractivity contribution >= 4 is 22.7 Å². The van der Waals surface area contributed by atoms with E-state index in [1.165, 1.54) is 18.4 Å². The Labute approximate surface area is 135 Å². The number of anilines is 2. The van der Waals surface area contributed by atoms with E-state index in [4.69, 9.17) is 5.73 Å². The van der Waals surface area contributed by atoms with Crippen LogP contribution in [0.25, 0.3) is 11.0 Å². The third-order valence-electron chi connectivity index (χ3n) is 4.58. The molecular weight excluding hydrogens is 286 g/mol. The number of benzene rings is 1. The molecule has 2 atom stereocenters. The van der Waals surface area contributed by atoms with Gasteiger partial charge in [0.15, 0.2) is 5.65 Å². The van der Waals surface area contributed by atoms with E-state index in [0.717, 1.165) is 17.6 Å². The first-order valence-electron chi connectivity index (χ1n) is 8.00. The van der Waals surface area contributed by atoms with Gasteiger partial charge in [0, 0.05) is 12.0 Å². The summed E-state index contributed by atoms with van der Waals surface area (Å²) in [6.07, 6.45) is 5.12. The van der Waals surface area contributed by atoms with Crippen LogP contribution in [0.1, 0.15) is 30.7 Å². The minimum Gasteiger partial charge on any atom is -0.384 e. The van der Waals surface area contributed by atoms with E-state index in [2.05, 4.69) is 50.6 Å². The SMILES string of the molecule is Nc1ccc2c(N[C@@H]3CCC[C@H]3c3ccccc3)ncnc2n1. The van der Waals surface area contributed by atoms with Crippen LogP contribution in [0, 0.1) is 0 Å². The van der Waals surface area contributed by atoms with Gasteiger partial charge < -0.3 is 11.1 Å². The molecule has 2 heterocycles. The highest BCUT2D eigenvalue weighted by Crippen LogP contribution is 2.36. The lowest BCUT2D eigenvalue weighted by Gasteiger charge is -2.22. The summed E-state index contributed by atoms with van der Waals surface area (Å²) >= 11 is 0. The molecule has 5 nitrogen and oxygen atoms in total. The van der Waals surface area contributed by atoms with E-state index in [1.54, 1.807) is 12.4 Å². The minimum atomic E-state index is 0.382. The van der Waals surface area contributed by atoms with Gasteiger partial charge in [0.05, 0.1) is 5.39 Å². The molecule has 0 saturated heterocycles. The summed E-state index contributed by atoms with van der Waals surface area (Å²) in [6.45, 7) is 0. The number of hydrogen-bond acceptors (Lipinski definition) is 5. The van der Waals surface area contributed by atoms with Crippen LogP contribution in [0.15, 0.2) is 48.8 Å².